The minimum atomic E-state index is 0.273. The van der Waals surface area contributed by atoms with Crippen LogP contribution in [0.2, 0.25) is 0 Å². The number of aryl methyl sites for hydroxylation is 1. The Balaban J connectivity index is 2.10. The summed E-state index contributed by atoms with van der Waals surface area (Å²) in [4.78, 5) is 4.45. The quantitative estimate of drug-likeness (QED) is 0.817. The normalized spacial score (nSPS) is 19.7. The first kappa shape index (κ1) is 13.5. The second-order valence-corrected chi connectivity index (χ2v) is 5.69. The van der Waals surface area contributed by atoms with Gasteiger partial charge in [-0.3, -0.25) is 4.68 Å². The maximum Gasteiger partial charge on any atom is 0.138 e. The van der Waals surface area contributed by atoms with E-state index in [-0.39, 0.29) is 5.41 Å². The number of aromatic nitrogens is 3. The minimum Gasteiger partial charge on any atom is -0.330 e. The van der Waals surface area contributed by atoms with Gasteiger partial charge in [0.05, 0.1) is 0 Å². The summed E-state index contributed by atoms with van der Waals surface area (Å²) in [6, 6.07) is 0. The van der Waals surface area contributed by atoms with Gasteiger partial charge in [-0.2, -0.15) is 5.10 Å². The van der Waals surface area contributed by atoms with Gasteiger partial charge in [0.2, 0.25) is 0 Å². The standard InChI is InChI=1S/C14H26N4/c1-2-9-18-13(16-12-17-18)10-14(11-15)7-5-3-4-6-8-14/h12H,2-11,15H2,1H3. The Kier molecular flexibility index (Phi) is 4.75. The molecular formula is C14H26N4. The number of rotatable bonds is 5. The molecule has 0 atom stereocenters. The van der Waals surface area contributed by atoms with Gasteiger partial charge in [-0.05, 0) is 31.2 Å². The van der Waals surface area contributed by atoms with Crippen molar-refractivity contribution in [2.24, 2.45) is 11.1 Å². The van der Waals surface area contributed by atoms with Crippen molar-refractivity contribution in [1.82, 2.24) is 14.8 Å². The average molecular weight is 250 g/mol. The van der Waals surface area contributed by atoms with Gasteiger partial charge in [0.1, 0.15) is 12.2 Å². The molecule has 0 spiro atoms. The summed E-state index contributed by atoms with van der Waals surface area (Å²) >= 11 is 0. The van der Waals surface area contributed by atoms with Crippen LogP contribution in [0.15, 0.2) is 6.33 Å². The molecule has 0 saturated heterocycles. The van der Waals surface area contributed by atoms with E-state index in [0.29, 0.717) is 0 Å². The number of nitrogens with two attached hydrogens (primary N) is 1. The summed E-state index contributed by atoms with van der Waals surface area (Å²) in [5.41, 5.74) is 6.36. The molecule has 4 heteroatoms. The molecule has 0 bridgehead atoms. The molecule has 0 amide bonds. The second kappa shape index (κ2) is 6.32. The van der Waals surface area contributed by atoms with Crippen LogP contribution in [0.1, 0.15) is 57.7 Å². The van der Waals surface area contributed by atoms with E-state index in [9.17, 15) is 0 Å². The van der Waals surface area contributed by atoms with Crippen molar-refractivity contribution in [1.29, 1.82) is 0 Å². The Morgan fingerprint density at radius 1 is 1.28 bits per heavy atom. The van der Waals surface area contributed by atoms with Gasteiger partial charge >= 0.3 is 0 Å². The third-order valence-corrected chi connectivity index (χ3v) is 4.26. The third kappa shape index (κ3) is 3.10. The average Bonchev–Trinajstić information content (AvgIpc) is 2.67. The van der Waals surface area contributed by atoms with Crippen LogP contribution in [0.25, 0.3) is 0 Å². The van der Waals surface area contributed by atoms with Crippen molar-refractivity contribution in [3.05, 3.63) is 12.2 Å². The van der Waals surface area contributed by atoms with E-state index in [0.717, 1.165) is 31.8 Å². The highest BCUT2D eigenvalue weighted by Crippen LogP contribution is 2.36. The fraction of sp³-hybridized carbons (Fsp3) is 0.857. The highest BCUT2D eigenvalue weighted by atomic mass is 15.3. The van der Waals surface area contributed by atoms with Gasteiger partial charge in [-0.25, -0.2) is 4.98 Å². The maximum absolute atomic E-state index is 6.09. The predicted molar refractivity (Wildman–Crippen MR) is 73.2 cm³/mol. The first-order chi connectivity index (χ1) is 8.79. The molecule has 18 heavy (non-hydrogen) atoms. The minimum absolute atomic E-state index is 0.273. The van der Waals surface area contributed by atoms with Crippen molar-refractivity contribution in [3.8, 4) is 0 Å². The second-order valence-electron chi connectivity index (χ2n) is 5.69. The monoisotopic (exact) mass is 250 g/mol. The Labute approximate surface area is 110 Å². The van der Waals surface area contributed by atoms with Crippen molar-refractivity contribution in [2.45, 2.75) is 64.8 Å². The largest absolute Gasteiger partial charge is 0.330 e. The molecule has 0 aliphatic heterocycles. The topological polar surface area (TPSA) is 56.7 Å². The highest BCUT2D eigenvalue weighted by Gasteiger charge is 2.31. The highest BCUT2D eigenvalue weighted by molar-refractivity contribution is 4.95. The fourth-order valence-electron chi connectivity index (χ4n) is 3.09. The van der Waals surface area contributed by atoms with Crippen LogP contribution in [0.3, 0.4) is 0 Å². The molecule has 1 aliphatic carbocycles. The summed E-state index contributed by atoms with van der Waals surface area (Å²) in [6.45, 7) is 3.93. The zero-order chi connectivity index (χ0) is 12.8. The van der Waals surface area contributed by atoms with E-state index in [2.05, 4.69) is 21.7 Å². The van der Waals surface area contributed by atoms with Gasteiger partial charge in [0.25, 0.3) is 0 Å². The van der Waals surface area contributed by atoms with Crippen molar-refractivity contribution in [3.63, 3.8) is 0 Å². The van der Waals surface area contributed by atoms with E-state index in [4.69, 9.17) is 5.73 Å². The van der Waals surface area contributed by atoms with Crippen LogP contribution in [0, 0.1) is 5.41 Å². The Morgan fingerprint density at radius 3 is 2.61 bits per heavy atom. The molecule has 102 valence electrons. The Morgan fingerprint density at radius 2 is 2.00 bits per heavy atom. The zero-order valence-electron chi connectivity index (χ0n) is 11.6. The number of hydrogen-bond acceptors (Lipinski definition) is 3. The van der Waals surface area contributed by atoms with E-state index < -0.39 is 0 Å². The van der Waals surface area contributed by atoms with Crippen LogP contribution >= 0.6 is 0 Å². The molecule has 1 heterocycles. The zero-order valence-corrected chi connectivity index (χ0v) is 11.6. The van der Waals surface area contributed by atoms with Crippen LogP contribution in [-0.4, -0.2) is 21.3 Å². The summed E-state index contributed by atoms with van der Waals surface area (Å²) in [6.07, 6.45) is 11.7. The third-order valence-electron chi connectivity index (χ3n) is 4.26. The first-order valence-corrected chi connectivity index (χ1v) is 7.36. The number of hydrogen-bond donors (Lipinski definition) is 1. The summed E-state index contributed by atoms with van der Waals surface area (Å²) < 4.78 is 2.06. The van der Waals surface area contributed by atoms with Gasteiger partial charge in [0, 0.05) is 13.0 Å². The maximum atomic E-state index is 6.09. The Bertz CT molecular complexity index is 350. The molecule has 1 fully saturated rings. The van der Waals surface area contributed by atoms with E-state index in [1.165, 1.54) is 38.5 Å². The lowest BCUT2D eigenvalue weighted by Gasteiger charge is -2.31. The lowest BCUT2D eigenvalue weighted by Crippen LogP contribution is -2.33. The fourth-order valence-corrected chi connectivity index (χ4v) is 3.09. The van der Waals surface area contributed by atoms with Crippen LogP contribution in [0.4, 0.5) is 0 Å². The molecule has 1 aromatic heterocycles. The van der Waals surface area contributed by atoms with Crippen LogP contribution in [0.5, 0.6) is 0 Å². The van der Waals surface area contributed by atoms with Gasteiger partial charge < -0.3 is 5.73 Å². The van der Waals surface area contributed by atoms with Crippen LogP contribution in [-0.2, 0) is 13.0 Å². The summed E-state index contributed by atoms with van der Waals surface area (Å²) in [5.74, 6) is 1.13. The van der Waals surface area contributed by atoms with Crippen LogP contribution < -0.4 is 5.73 Å². The lowest BCUT2D eigenvalue weighted by molar-refractivity contribution is 0.243. The molecule has 1 aromatic rings. The Hall–Kier alpha value is -0.900. The van der Waals surface area contributed by atoms with Crippen molar-refractivity contribution < 1.29 is 0 Å². The molecule has 4 nitrogen and oxygen atoms in total. The van der Waals surface area contributed by atoms with Crippen molar-refractivity contribution in [2.75, 3.05) is 6.54 Å². The van der Waals surface area contributed by atoms with Gasteiger partial charge in [-0.1, -0.05) is 32.6 Å². The van der Waals surface area contributed by atoms with E-state index in [1.54, 1.807) is 6.33 Å². The molecule has 2 rings (SSSR count). The first-order valence-electron chi connectivity index (χ1n) is 7.36. The number of nitrogens with zero attached hydrogens (tertiary/aromatic N) is 3. The molecule has 1 saturated carbocycles. The molecule has 0 aromatic carbocycles. The molecule has 0 radical (unpaired) electrons. The smallest absolute Gasteiger partial charge is 0.138 e. The van der Waals surface area contributed by atoms with Gasteiger partial charge in [-0.15, -0.1) is 0 Å². The SMILES string of the molecule is CCCn1ncnc1CC1(CN)CCCCCC1. The lowest BCUT2D eigenvalue weighted by atomic mass is 9.77. The summed E-state index contributed by atoms with van der Waals surface area (Å²) in [7, 11) is 0. The van der Waals surface area contributed by atoms with E-state index >= 15 is 0 Å². The summed E-state index contributed by atoms with van der Waals surface area (Å²) in [5, 5.41) is 4.33. The molecule has 2 N–H and O–H groups in total. The van der Waals surface area contributed by atoms with Crippen molar-refractivity contribution >= 4 is 0 Å². The molecule has 0 unspecified atom stereocenters. The van der Waals surface area contributed by atoms with Gasteiger partial charge in [0.15, 0.2) is 0 Å². The van der Waals surface area contributed by atoms with E-state index in [1.807, 2.05) is 0 Å². The predicted octanol–water partition coefficient (Wildman–Crippen LogP) is 2.53. The molecular weight excluding hydrogens is 224 g/mol. The molecule has 1 aliphatic rings.